The van der Waals surface area contributed by atoms with Crippen LogP contribution in [-0.4, -0.2) is 39.0 Å². The standard InChI is InChI=1S/2C47H30N4/c1-3-13-33(14-4-1)45-48-46(34-15-5-2-6-16-34)50-47(49-45)38-18-11-19-39(29-38)51-42-21-10-9-20-40(42)44-41-30-37(25-23-32(41)26-27-43(44)51)36-24-22-31-12-7-8-17-35(31)28-36;1-3-13-32(14-4-1)45-48-46(33-15-5-2-6-16-33)50-47(49-45)38-18-11-19-39(30-38)51-42-21-10-9-20-41(42)44-40-26-24-36(29-37(40)25-27-43(44)51)35-23-22-31-12-7-8-17-34(31)28-35/h2*1-30H. The van der Waals surface area contributed by atoms with Crippen molar-refractivity contribution in [1.29, 1.82) is 0 Å². The molecule has 8 heteroatoms. The molecule has 8 nitrogen and oxygen atoms in total. The number of fused-ring (bicyclic) bond motifs is 12. The number of hydrogen-bond donors (Lipinski definition) is 0. The Morgan fingerprint density at radius 3 is 0.912 bits per heavy atom. The normalized spacial score (nSPS) is 11.5. The molecule has 0 unspecified atom stereocenters. The molecule has 0 radical (unpaired) electrons. The average Bonchev–Trinajstić information content (AvgIpc) is 1.57. The summed E-state index contributed by atoms with van der Waals surface area (Å²) in [6, 6.07) is 128. The first-order valence-electron chi connectivity index (χ1n) is 34.4. The Morgan fingerprint density at radius 1 is 0.157 bits per heavy atom. The van der Waals surface area contributed by atoms with Crippen LogP contribution in [0.4, 0.5) is 0 Å². The molecule has 0 saturated heterocycles. The van der Waals surface area contributed by atoms with Crippen LogP contribution in [0.1, 0.15) is 0 Å². The van der Waals surface area contributed by atoms with E-state index in [1.807, 2.05) is 121 Å². The van der Waals surface area contributed by atoms with Crippen LogP contribution in [0.15, 0.2) is 364 Å². The molecule has 0 amide bonds. The molecular formula is C94H60N8. The van der Waals surface area contributed by atoms with Crippen molar-refractivity contribution in [2.24, 2.45) is 0 Å². The molecule has 20 aromatic rings. The van der Waals surface area contributed by atoms with Crippen molar-refractivity contribution in [2.75, 3.05) is 0 Å². The quantitative estimate of drug-likeness (QED) is 0.136. The van der Waals surface area contributed by atoms with Gasteiger partial charge in [0.2, 0.25) is 0 Å². The predicted octanol–water partition coefficient (Wildman–Crippen LogP) is 23.9. The average molecular weight is 1300 g/mol. The summed E-state index contributed by atoms with van der Waals surface area (Å²) >= 11 is 0. The summed E-state index contributed by atoms with van der Waals surface area (Å²) in [5.74, 6) is 3.87. The van der Waals surface area contributed by atoms with Crippen LogP contribution < -0.4 is 0 Å². The highest BCUT2D eigenvalue weighted by molar-refractivity contribution is 6.23. The van der Waals surface area contributed by atoms with Crippen molar-refractivity contribution in [3.63, 3.8) is 0 Å². The first-order chi connectivity index (χ1) is 50.5. The fourth-order valence-corrected chi connectivity index (χ4v) is 14.7. The largest absolute Gasteiger partial charge is 0.309 e. The molecule has 102 heavy (non-hydrogen) atoms. The summed E-state index contributed by atoms with van der Waals surface area (Å²) in [7, 11) is 0. The lowest BCUT2D eigenvalue weighted by atomic mass is 9.96. The van der Waals surface area contributed by atoms with Crippen LogP contribution in [0.25, 0.3) is 189 Å². The van der Waals surface area contributed by atoms with E-state index in [-0.39, 0.29) is 0 Å². The van der Waals surface area contributed by atoms with Crippen LogP contribution in [0.3, 0.4) is 0 Å². The maximum absolute atomic E-state index is 5.01. The minimum Gasteiger partial charge on any atom is -0.309 e. The maximum atomic E-state index is 5.01. The summed E-state index contributed by atoms with van der Waals surface area (Å²) in [5, 5.41) is 14.8. The van der Waals surface area contributed by atoms with Gasteiger partial charge in [0.1, 0.15) is 0 Å². The van der Waals surface area contributed by atoms with E-state index >= 15 is 0 Å². The van der Waals surface area contributed by atoms with E-state index in [2.05, 4.69) is 252 Å². The van der Waals surface area contributed by atoms with Crippen molar-refractivity contribution in [3.8, 4) is 102 Å². The van der Waals surface area contributed by atoms with Gasteiger partial charge >= 0.3 is 0 Å². The molecule has 4 heterocycles. The molecule has 0 fully saturated rings. The van der Waals surface area contributed by atoms with Crippen LogP contribution in [0.2, 0.25) is 0 Å². The van der Waals surface area contributed by atoms with Gasteiger partial charge in [0.15, 0.2) is 34.9 Å². The van der Waals surface area contributed by atoms with Crippen molar-refractivity contribution in [3.05, 3.63) is 364 Å². The second-order valence-corrected chi connectivity index (χ2v) is 25.8. The van der Waals surface area contributed by atoms with E-state index in [1.54, 1.807) is 0 Å². The molecule has 0 spiro atoms. The first-order valence-corrected chi connectivity index (χ1v) is 34.4. The predicted molar refractivity (Wildman–Crippen MR) is 422 cm³/mol. The molecular weight excluding hydrogens is 1240 g/mol. The third-order valence-electron chi connectivity index (χ3n) is 19.6. The van der Waals surface area contributed by atoms with Gasteiger partial charge < -0.3 is 9.13 Å². The molecule has 0 aliphatic heterocycles. The molecule has 0 N–H and O–H groups in total. The second kappa shape index (κ2) is 25.2. The summed E-state index contributed by atoms with van der Waals surface area (Å²) in [6.45, 7) is 0. The number of aromatic nitrogens is 8. The molecule has 0 saturated carbocycles. The van der Waals surface area contributed by atoms with Crippen molar-refractivity contribution < 1.29 is 0 Å². The number of hydrogen-bond acceptors (Lipinski definition) is 6. The molecule has 16 aromatic carbocycles. The van der Waals surface area contributed by atoms with Gasteiger partial charge in [0.05, 0.1) is 22.1 Å². The topological polar surface area (TPSA) is 87.2 Å². The van der Waals surface area contributed by atoms with Crippen molar-refractivity contribution >= 4 is 86.7 Å². The maximum Gasteiger partial charge on any atom is 0.164 e. The Morgan fingerprint density at radius 2 is 0.471 bits per heavy atom. The summed E-state index contributed by atoms with van der Waals surface area (Å²) in [5.41, 5.74) is 17.2. The molecule has 4 aromatic heterocycles. The Hall–Kier alpha value is -13.8. The minimum absolute atomic E-state index is 0.635. The van der Waals surface area contributed by atoms with Gasteiger partial charge in [-0.3, -0.25) is 0 Å². The number of para-hydroxylation sites is 2. The highest BCUT2D eigenvalue weighted by atomic mass is 15.1. The number of rotatable bonds is 10. The second-order valence-electron chi connectivity index (χ2n) is 25.8. The molecule has 20 rings (SSSR count). The molecule has 476 valence electrons. The fraction of sp³-hybridized carbons (Fsp3) is 0. The van der Waals surface area contributed by atoms with Crippen LogP contribution >= 0.6 is 0 Å². The van der Waals surface area contributed by atoms with Crippen LogP contribution in [0, 0.1) is 0 Å². The Balaban J connectivity index is 0.000000141. The highest BCUT2D eigenvalue weighted by Gasteiger charge is 2.21. The van der Waals surface area contributed by atoms with E-state index in [1.165, 1.54) is 86.9 Å². The van der Waals surface area contributed by atoms with Gasteiger partial charge in [0, 0.05) is 66.3 Å². The third kappa shape index (κ3) is 10.8. The Bertz CT molecular complexity index is 6510. The fourth-order valence-electron chi connectivity index (χ4n) is 14.7. The van der Waals surface area contributed by atoms with Crippen molar-refractivity contribution in [2.45, 2.75) is 0 Å². The highest BCUT2D eigenvalue weighted by Crippen LogP contribution is 2.42. The molecule has 0 bridgehead atoms. The monoisotopic (exact) mass is 1300 g/mol. The smallest absolute Gasteiger partial charge is 0.164 e. The van der Waals surface area contributed by atoms with Gasteiger partial charge in [-0.05, 0) is 138 Å². The van der Waals surface area contributed by atoms with Gasteiger partial charge in [-0.1, -0.05) is 291 Å². The van der Waals surface area contributed by atoms with Gasteiger partial charge in [-0.25, -0.2) is 29.9 Å². The van der Waals surface area contributed by atoms with E-state index in [4.69, 9.17) is 29.9 Å². The lowest BCUT2D eigenvalue weighted by molar-refractivity contribution is 1.07. The summed E-state index contributed by atoms with van der Waals surface area (Å²) in [6.07, 6.45) is 0. The lowest BCUT2D eigenvalue weighted by Gasteiger charge is -2.12. The van der Waals surface area contributed by atoms with Crippen molar-refractivity contribution in [1.82, 2.24) is 39.0 Å². The van der Waals surface area contributed by atoms with Gasteiger partial charge in [0.25, 0.3) is 0 Å². The number of nitrogens with zero attached hydrogens (tertiary/aromatic N) is 8. The zero-order valence-corrected chi connectivity index (χ0v) is 55.2. The lowest BCUT2D eigenvalue weighted by Crippen LogP contribution is -2.01. The summed E-state index contributed by atoms with van der Waals surface area (Å²) < 4.78 is 4.73. The first kappa shape index (κ1) is 59.4. The van der Waals surface area contributed by atoms with Gasteiger partial charge in [-0.2, -0.15) is 0 Å². The van der Waals surface area contributed by atoms with E-state index in [0.29, 0.717) is 34.9 Å². The molecule has 0 aliphatic rings. The van der Waals surface area contributed by atoms with E-state index in [9.17, 15) is 0 Å². The minimum atomic E-state index is 0.635. The zero-order chi connectivity index (χ0) is 67.5. The zero-order valence-electron chi connectivity index (χ0n) is 55.2. The van der Waals surface area contributed by atoms with E-state index < -0.39 is 0 Å². The van der Waals surface area contributed by atoms with Gasteiger partial charge in [-0.15, -0.1) is 0 Å². The molecule has 0 atom stereocenters. The SMILES string of the molecule is c1ccc(-c2nc(-c3ccccc3)nc(-c3cccc(-n4c5ccccc5c5c6cc(-c7ccc8ccccc8c7)ccc6ccc54)c3)n2)cc1.c1ccc(-c2nc(-c3ccccc3)nc(-c3cccc(-n4c5ccccc5c5c6ccc(-c7ccc8ccccc8c7)cc6ccc54)c3)n2)cc1. The van der Waals surface area contributed by atoms with E-state index in [0.717, 1.165) is 66.8 Å². The molecule has 0 aliphatic carbocycles. The Labute approximate surface area is 588 Å². The van der Waals surface area contributed by atoms with Crippen LogP contribution in [-0.2, 0) is 0 Å². The third-order valence-corrected chi connectivity index (χ3v) is 19.6. The summed E-state index contributed by atoms with van der Waals surface area (Å²) in [4.78, 5) is 29.8. The van der Waals surface area contributed by atoms with Crippen LogP contribution in [0.5, 0.6) is 0 Å². The Kier molecular flexibility index (Phi) is 14.7. The number of benzene rings is 16.